The SMILES string of the molecule is CC1CCC(C(=O)O)CN1C(=O)C1CC(=O)N(Cc2ccccc2)C1. The molecule has 134 valence electrons. The van der Waals surface area contributed by atoms with E-state index in [4.69, 9.17) is 0 Å². The van der Waals surface area contributed by atoms with E-state index >= 15 is 0 Å². The number of nitrogens with zero attached hydrogens (tertiary/aromatic N) is 2. The molecule has 3 rings (SSSR count). The number of hydrogen-bond acceptors (Lipinski definition) is 3. The van der Waals surface area contributed by atoms with Crippen molar-refractivity contribution in [2.24, 2.45) is 11.8 Å². The average molecular weight is 344 g/mol. The van der Waals surface area contributed by atoms with E-state index < -0.39 is 11.9 Å². The Kier molecular flexibility index (Phi) is 5.06. The van der Waals surface area contributed by atoms with Crippen molar-refractivity contribution in [1.29, 1.82) is 0 Å². The van der Waals surface area contributed by atoms with Crippen molar-refractivity contribution < 1.29 is 19.5 Å². The van der Waals surface area contributed by atoms with Crippen molar-refractivity contribution in [3.8, 4) is 0 Å². The number of aliphatic carboxylic acids is 1. The third-order valence-corrected chi connectivity index (χ3v) is 5.29. The quantitative estimate of drug-likeness (QED) is 0.903. The topological polar surface area (TPSA) is 77.9 Å². The van der Waals surface area contributed by atoms with Crippen LogP contribution in [0, 0.1) is 11.8 Å². The fraction of sp³-hybridized carbons (Fsp3) is 0.526. The zero-order valence-corrected chi connectivity index (χ0v) is 14.4. The van der Waals surface area contributed by atoms with Gasteiger partial charge in [0.2, 0.25) is 11.8 Å². The van der Waals surface area contributed by atoms with Crippen LogP contribution in [0.4, 0.5) is 0 Å². The molecule has 0 saturated carbocycles. The summed E-state index contributed by atoms with van der Waals surface area (Å²) >= 11 is 0. The Morgan fingerprint density at radius 2 is 1.84 bits per heavy atom. The smallest absolute Gasteiger partial charge is 0.308 e. The number of piperidine rings is 1. The molecule has 25 heavy (non-hydrogen) atoms. The minimum Gasteiger partial charge on any atom is -0.481 e. The zero-order chi connectivity index (χ0) is 18.0. The van der Waals surface area contributed by atoms with Crippen LogP contribution >= 0.6 is 0 Å². The van der Waals surface area contributed by atoms with Crippen LogP contribution in [-0.4, -0.2) is 51.8 Å². The molecule has 2 aliphatic heterocycles. The van der Waals surface area contributed by atoms with Gasteiger partial charge >= 0.3 is 5.97 Å². The highest BCUT2D eigenvalue weighted by Gasteiger charge is 2.40. The summed E-state index contributed by atoms with van der Waals surface area (Å²) in [7, 11) is 0. The standard InChI is InChI=1S/C19H24N2O4/c1-13-7-8-15(19(24)25)12-21(13)18(23)16-9-17(22)20(11-16)10-14-5-3-2-4-6-14/h2-6,13,15-16H,7-12H2,1H3,(H,24,25). The highest BCUT2D eigenvalue weighted by Crippen LogP contribution is 2.28. The summed E-state index contributed by atoms with van der Waals surface area (Å²) in [6, 6.07) is 9.75. The first-order chi connectivity index (χ1) is 12.0. The number of carboxylic acid groups (broad SMARTS) is 1. The largest absolute Gasteiger partial charge is 0.481 e. The van der Waals surface area contributed by atoms with Crippen molar-refractivity contribution >= 4 is 17.8 Å². The van der Waals surface area contributed by atoms with E-state index in [0.717, 1.165) is 5.56 Å². The summed E-state index contributed by atoms with van der Waals surface area (Å²) < 4.78 is 0. The molecule has 2 heterocycles. The van der Waals surface area contributed by atoms with Crippen LogP contribution in [0.25, 0.3) is 0 Å². The molecule has 3 unspecified atom stereocenters. The maximum Gasteiger partial charge on any atom is 0.308 e. The summed E-state index contributed by atoms with van der Waals surface area (Å²) in [5.74, 6) is -1.81. The Balaban J connectivity index is 1.64. The van der Waals surface area contributed by atoms with E-state index in [1.807, 2.05) is 37.3 Å². The molecule has 0 radical (unpaired) electrons. The predicted octanol–water partition coefficient (Wildman–Crippen LogP) is 1.75. The van der Waals surface area contributed by atoms with Crippen molar-refractivity contribution in [1.82, 2.24) is 9.80 Å². The van der Waals surface area contributed by atoms with Gasteiger partial charge in [-0.15, -0.1) is 0 Å². The summed E-state index contributed by atoms with van der Waals surface area (Å²) in [4.78, 5) is 39.8. The van der Waals surface area contributed by atoms with E-state index in [1.54, 1.807) is 9.80 Å². The molecule has 2 aliphatic rings. The second-order valence-corrected chi connectivity index (χ2v) is 7.11. The maximum atomic E-state index is 12.9. The Morgan fingerprint density at radius 3 is 2.52 bits per heavy atom. The number of rotatable bonds is 4. The van der Waals surface area contributed by atoms with E-state index in [0.29, 0.717) is 25.9 Å². The Bertz CT molecular complexity index is 661. The van der Waals surface area contributed by atoms with Gasteiger partial charge < -0.3 is 14.9 Å². The van der Waals surface area contributed by atoms with Crippen LogP contribution in [-0.2, 0) is 20.9 Å². The second kappa shape index (κ2) is 7.25. The highest BCUT2D eigenvalue weighted by atomic mass is 16.4. The monoisotopic (exact) mass is 344 g/mol. The average Bonchev–Trinajstić information content (AvgIpc) is 2.96. The number of benzene rings is 1. The first-order valence-corrected chi connectivity index (χ1v) is 8.80. The molecule has 2 fully saturated rings. The van der Waals surface area contributed by atoms with Crippen LogP contribution in [0.2, 0.25) is 0 Å². The van der Waals surface area contributed by atoms with Gasteiger partial charge in [0.25, 0.3) is 0 Å². The van der Waals surface area contributed by atoms with Gasteiger partial charge in [0.05, 0.1) is 11.8 Å². The van der Waals surface area contributed by atoms with Gasteiger partial charge in [0.1, 0.15) is 0 Å². The Labute approximate surface area is 147 Å². The molecule has 1 N–H and O–H groups in total. The second-order valence-electron chi connectivity index (χ2n) is 7.11. The van der Waals surface area contributed by atoms with Crippen LogP contribution in [0.1, 0.15) is 31.7 Å². The van der Waals surface area contributed by atoms with Crippen LogP contribution in [0.15, 0.2) is 30.3 Å². The molecule has 0 aliphatic carbocycles. The molecule has 2 amide bonds. The molecule has 0 aromatic heterocycles. The summed E-state index contributed by atoms with van der Waals surface area (Å²) in [5, 5.41) is 9.24. The minimum absolute atomic E-state index is 0.0124. The number of amides is 2. The fourth-order valence-electron chi connectivity index (χ4n) is 3.74. The van der Waals surface area contributed by atoms with Gasteiger partial charge in [-0.25, -0.2) is 0 Å². The molecule has 3 atom stereocenters. The minimum atomic E-state index is -0.849. The van der Waals surface area contributed by atoms with Crippen molar-refractivity contribution in [3.05, 3.63) is 35.9 Å². The van der Waals surface area contributed by atoms with Crippen LogP contribution in [0.3, 0.4) is 0 Å². The molecule has 1 aromatic carbocycles. The van der Waals surface area contributed by atoms with E-state index in [9.17, 15) is 19.5 Å². The highest BCUT2D eigenvalue weighted by molar-refractivity contribution is 5.89. The third kappa shape index (κ3) is 3.83. The molecular formula is C19H24N2O4. The van der Waals surface area contributed by atoms with Gasteiger partial charge in [0.15, 0.2) is 0 Å². The first kappa shape index (κ1) is 17.5. The van der Waals surface area contributed by atoms with Gasteiger partial charge in [-0.2, -0.15) is 0 Å². The lowest BCUT2D eigenvalue weighted by Gasteiger charge is -2.37. The normalized spacial score (nSPS) is 26.8. The molecule has 2 saturated heterocycles. The molecule has 0 spiro atoms. The van der Waals surface area contributed by atoms with E-state index in [2.05, 4.69) is 0 Å². The number of likely N-dealkylation sites (tertiary alicyclic amines) is 2. The van der Waals surface area contributed by atoms with Crippen LogP contribution in [0.5, 0.6) is 0 Å². The lowest BCUT2D eigenvalue weighted by atomic mass is 9.92. The zero-order valence-electron chi connectivity index (χ0n) is 14.4. The lowest BCUT2D eigenvalue weighted by molar-refractivity contribution is -0.148. The van der Waals surface area contributed by atoms with Crippen molar-refractivity contribution in [2.75, 3.05) is 13.1 Å². The number of hydrogen-bond donors (Lipinski definition) is 1. The molecule has 6 nitrogen and oxygen atoms in total. The van der Waals surface area contributed by atoms with Gasteiger partial charge in [0, 0.05) is 32.1 Å². The van der Waals surface area contributed by atoms with Crippen LogP contribution < -0.4 is 0 Å². The maximum absolute atomic E-state index is 12.9. The summed E-state index contributed by atoms with van der Waals surface area (Å²) in [6.45, 7) is 3.12. The summed E-state index contributed by atoms with van der Waals surface area (Å²) in [5.41, 5.74) is 1.04. The molecule has 6 heteroatoms. The number of carboxylic acids is 1. The molecule has 0 bridgehead atoms. The third-order valence-electron chi connectivity index (χ3n) is 5.29. The van der Waals surface area contributed by atoms with Crippen molar-refractivity contribution in [3.63, 3.8) is 0 Å². The molecular weight excluding hydrogens is 320 g/mol. The van der Waals surface area contributed by atoms with Gasteiger partial charge in [-0.3, -0.25) is 14.4 Å². The Hall–Kier alpha value is -2.37. The molecule has 1 aromatic rings. The number of carbonyl (C=O) groups excluding carboxylic acids is 2. The van der Waals surface area contributed by atoms with E-state index in [1.165, 1.54) is 0 Å². The fourth-order valence-corrected chi connectivity index (χ4v) is 3.74. The first-order valence-electron chi connectivity index (χ1n) is 8.80. The lowest BCUT2D eigenvalue weighted by Crippen LogP contribution is -2.49. The van der Waals surface area contributed by atoms with Gasteiger partial charge in [-0.1, -0.05) is 30.3 Å². The van der Waals surface area contributed by atoms with Crippen molar-refractivity contribution in [2.45, 2.75) is 38.8 Å². The number of carbonyl (C=O) groups is 3. The van der Waals surface area contributed by atoms with Gasteiger partial charge in [-0.05, 0) is 25.3 Å². The predicted molar refractivity (Wildman–Crippen MR) is 91.5 cm³/mol. The summed E-state index contributed by atoms with van der Waals surface area (Å²) in [6.07, 6.45) is 1.51. The van der Waals surface area contributed by atoms with E-state index in [-0.39, 0.29) is 36.7 Å². The Morgan fingerprint density at radius 1 is 1.12 bits per heavy atom.